The third-order valence-electron chi connectivity index (χ3n) is 7.10. The average molecular weight is 575 g/mol. The lowest BCUT2D eigenvalue weighted by molar-refractivity contribution is 0.00181. The molecule has 0 saturated carbocycles. The minimum Gasteiger partial charge on any atom is -0.379 e. The van der Waals surface area contributed by atoms with Crippen molar-refractivity contribution in [1.29, 1.82) is 0 Å². The third kappa shape index (κ3) is 6.04. The highest BCUT2D eigenvalue weighted by Gasteiger charge is 2.21. The number of hydrogen-bond donors (Lipinski definition) is 3. The fourth-order valence-corrected chi connectivity index (χ4v) is 5.72. The van der Waals surface area contributed by atoms with Crippen molar-refractivity contribution < 1.29 is 14.1 Å². The van der Waals surface area contributed by atoms with Gasteiger partial charge < -0.3 is 19.9 Å². The van der Waals surface area contributed by atoms with Crippen molar-refractivity contribution in [2.45, 2.75) is 39.2 Å². The van der Waals surface area contributed by atoms with Crippen LogP contribution in [0.25, 0.3) is 26.6 Å². The maximum Gasteiger partial charge on any atom is 0.324 e. The molecule has 1 aliphatic rings. The molecule has 0 aliphatic carbocycles. The SMILES string of the molecule is C[C@@H]1COCCN1CCNc1ccc2c(n1)sc1nc(-c3ccc(NC(=O)Nc4cc(C(C)(C)C)on4)cc3)cn12. The summed E-state index contributed by atoms with van der Waals surface area (Å²) in [5.74, 6) is 1.94. The fraction of sp³-hybridized carbons (Fsp3) is 0.379. The molecule has 3 N–H and O–H groups in total. The first-order valence-corrected chi connectivity index (χ1v) is 14.5. The number of nitrogens with zero attached hydrogens (tertiary/aromatic N) is 5. The zero-order chi connectivity index (χ0) is 28.6. The molecule has 2 amide bonds. The van der Waals surface area contributed by atoms with Gasteiger partial charge >= 0.3 is 6.03 Å². The molecule has 1 aromatic carbocycles. The molecular formula is C29H34N8O3S. The van der Waals surface area contributed by atoms with E-state index < -0.39 is 6.03 Å². The maximum absolute atomic E-state index is 12.4. The van der Waals surface area contributed by atoms with E-state index in [0.717, 1.165) is 65.2 Å². The largest absolute Gasteiger partial charge is 0.379 e. The second-order valence-electron chi connectivity index (χ2n) is 11.3. The van der Waals surface area contributed by atoms with E-state index in [-0.39, 0.29) is 5.41 Å². The molecule has 5 aromatic rings. The van der Waals surface area contributed by atoms with E-state index in [9.17, 15) is 4.79 Å². The van der Waals surface area contributed by atoms with Gasteiger partial charge in [0.1, 0.15) is 16.4 Å². The Hall–Kier alpha value is -4.00. The summed E-state index contributed by atoms with van der Waals surface area (Å²) in [5, 5.41) is 12.9. The van der Waals surface area contributed by atoms with Crippen LogP contribution < -0.4 is 16.0 Å². The van der Waals surface area contributed by atoms with Crippen LogP contribution in [0.15, 0.2) is 53.2 Å². The number of carbonyl (C=O) groups excluding carboxylic acids is 1. The number of benzene rings is 1. The van der Waals surface area contributed by atoms with Crippen LogP contribution in [0, 0.1) is 0 Å². The van der Waals surface area contributed by atoms with Crippen LogP contribution in [0.5, 0.6) is 0 Å². The van der Waals surface area contributed by atoms with Crippen molar-refractivity contribution in [3.05, 3.63) is 54.4 Å². The minimum atomic E-state index is -0.391. The standard InChI is InChI=1S/C29H34N8O3S/c1-18-17-39-14-13-36(18)12-11-30-24-10-9-22-26(33-24)41-28-32-21(16-37(22)28)19-5-7-20(8-6-19)31-27(38)34-25-15-23(40-35-25)29(2,3)4/h5-10,15-16,18H,11-14,17H2,1-4H3,(H,30,33)(H2,31,34,35,38)/t18-/m1/s1. The highest BCUT2D eigenvalue weighted by molar-refractivity contribution is 7.23. The fourth-order valence-electron chi connectivity index (χ4n) is 4.74. The van der Waals surface area contributed by atoms with Gasteiger partial charge in [-0.3, -0.25) is 14.6 Å². The summed E-state index contributed by atoms with van der Waals surface area (Å²) < 4.78 is 12.9. The van der Waals surface area contributed by atoms with Gasteiger partial charge in [-0.2, -0.15) is 0 Å². The molecule has 1 atom stereocenters. The van der Waals surface area contributed by atoms with Gasteiger partial charge in [0.15, 0.2) is 10.8 Å². The van der Waals surface area contributed by atoms with Crippen molar-refractivity contribution in [2.75, 3.05) is 48.8 Å². The first-order chi connectivity index (χ1) is 19.7. The second kappa shape index (κ2) is 11.1. The van der Waals surface area contributed by atoms with E-state index in [1.165, 1.54) is 0 Å². The number of hydrogen-bond acceptors (Lipinski definition) is 9. The first-order valence-electron chi connectivity index (χ1n) is 13.7. The van der Waals surface area contributed by atoms with Gasteiger partial charge in [-0.25, -0.2) is 14.8 Å². The number of imidazole rings is 1. The summed E-state index contributed by atoms with van der Waals surface area (Å²) in [7, 11) is 0. The van der Waals surface area contributed by atoms with Gasteiger partial charge in [0, 0.05) is 54.6 Å². The van der Waals surface area contributed by atoms with Crippen molar-refractivity contribution in [1.82, 2.24) is 24.4 Å². The molecule has 12 heteroatoms. The highest BCUT2D eigenvalue weighted by Crippen LogP contribution is 2.30. The van der Waals surface area contributed by atoms with E-state index in [2.05, 4.69) is 43.4 Å². The Morgan fingerprint density at radius 1 is 1.10 bits per heavy atom. The van der Waals surface area contributed by atoms with Gasteiger partial charge in [-0.05, 0) is 31.2 Å². The van der Waals surface area contributed by atoms with E-state index in [1.807, 2.05) is 57.3 Å². The van der Waals surface area contributed by atoms with Crippen molar-refractivity contribution in [3.8, 4) is 11.3 Å². The predicted molar refractivity (Wildman–Crippen MR) is 162 cm³/mol. The normalized spacial score (nSPS) is 16.3. The van der Waals surface area contributed by atoms with Crippen LogP contribution in [0.1, 0.15) is 33.5 Å². The number of nitrogens with one attached hydrogen (secondary N) is 3. The Morgan fingerprint density at radius 2 is 1.93 bits per heavy atom. The number of pyridine rings is 1. The van der Waals surface area contributed by atoms with Crippen molar-refractivity contribution in [2.24, 2.45) is 0 Å². The molecule has 1 fully saturated rings. The molecule has 6 rings (SSSR count). The average Bonchev–Trinajstić information content (AvgIpc) is 3.65. The van der Waals surface area contributed by atoms with Gasteiger partial charge in [0.05, 0.1) is 24.4 Å². The number of ether oxygens (including phenoxy) is 1. The lowest BCUT2D eigenvalue weighted by atomic mass is 9.93. The van der Waals surface area contributed by atoms with E-state index in [0.29, 0.717) is 23.3 Å². The number of morpholine rings is 1. The first kappa shape index (κ1) is 27.2. The number of fused-ring (bicyclic) bond motifs is 3. The Kier molecular flexibility index (Phi) is 7.37. The van der Waals surface area contributed by atoms with Gasteiger partial charge in [0.2, 0.25) is 0 Å². The third-order valence-corrected chi connectivity index (χ3v) is 8.07. The summed E-state index contributed by atoms with van der Waals surface area (Å²) in [6, 6.07) is 13.5. The molecule has 0 spiro atoms. The molecule has 41 heavy (non-hydrogen) atoms. The molecule has 11 nitrogen and oxygen atoms in total. The molecule has 0 bridgehead atoms. The highest BCUT2D eigenvalue weighted by atomic mass is 32.1. The number of urea groups is 1. The van der Waals surface area contributed by atoms with Gasteiger partial charge in [-0.15, -0.1) is 0 Å². The molecule has 1 saturated heterocycles. The summed E-state index contributed by atoms with van der Waals surface area (Å²) >= 11 is 1.56. The molecule has 1 aliphatic heterocycles. The van der Waals surface area contributed by atoms with Gasteiger partial charge in [0.25, 0.3) is 0 Å². The van der Waals surface area contributed by atoms with Crippen LogP contribution in [0.4, 0.5) is 22.1 Å². The second-order valence-corrected chi connectivity index (χ2v) is 12.2. The van der Waals surface area contributed by atoms with Gasteiger partial charge in [-0.1, -0.05) is 49.4 Å². The summed E-state index contributed by atoms with van der Waals surface area (Å²) in [6.07, 6.45) is 2.02. The zero-order valence-electron chi connectivity index (χ0n) is 23.6. The minimum absolute atomic E-state index is 0.189. The van der Waals surface area contributed by atoms with E-state index >= 15 is 0 Å². The maximum atomic E-state index is 12.4. The lowest BCUT2D eigenvalue weighted by Crippen LogP contribution is -2.45. The molecule has 0 unspecified atom stereocenters. The number of rotatable bonds is 7. The summed E-state index contributed by atoms with van der Waals surface area (Å²) in [5.41, 5.74) is 3.30. The molecular weight excluding hydrogens is 540 g/mol. The van der Waals surface area contributed by atoms with Crippen LogP contribution in [0.3, 0.4) is 0 Å². The van der Waals surface area contributed by atoms with Crippen molar-refractivity contribution >= 4 is 50.0 Å². The smallest absolute Gasteiger partial charge is 0.324 e. The Bertz CT molecular complexity index is 1670. The van der Waals surface area contributed by atoms with E-state index in [4.69, 9.17) is 19.2 Å². The van der Waals surface area contributed by atoms with E-state index in [1.54, 1.807) is 17.4 Å². The summed E-state index contributed by atoms with van der Waals surface area (Å²) in [4.78, 5) is 26.3. The topological polar surface area (TPSA) is 122 Å². The molecule has 4 aromatic heterocycles. The number of carbonyl (C=O) groups is 1. The monoisotopic (exact) mass is 574 g/mol. The number of thiazole rings is 1. The molecule has 214 valence electrons. The summed E-state index contributed by atoms with van der Waals surface area (Å²) in [6.45, 7) is 12.6. The Morgan fingerprint density at radius 3 is 2.68 bits per heavy atom. The number of aromatic nitrogens is 4. The predicted octanol–water partition coefficient (Wildman–Crippen LogP) is 5.67. The Balaban J connectivity index is 1.08. The lowest BCUT2D eigenvalue weighted by Gasteiger charge is -2.33. The van der Waals surface area contributed by atoms with Crippen LogP contribution >= 0.6 is 11.3 Å². The number of amides is 2. The molecule has 0 radical (unpaired) electrons. The quantitative estimate of drug-likeness (QED) is 0.227. The van der Waals surface area contributed by atoms with Crippen molar-refractivity contribution in [3.63, 3.8) is 0 Å². The van der Waals surface area contributed by atoms with Crippen LogP contribution in [-0.2, 0) is 10.2 Å². The number of anilines is 3. The zero-order valence-corrected chi connectivity index (χ0v) is 24.4. The van der Waals surface area contributed by atoms with Crippen LogP contribution in [0.2, 0.25) is 0 Å². The van der Waals surface area contributed by atoms with Crippen LogP contribution in [-0.4, -0.2) is 69.3 Å². The Labute approximate surface area is 241 Å². The molecule has 5 heterocycles.